The van der Waals surface area contributed by atoms with Gasteiger partial charge in [-0.1, -0.05) is 0 Å². The molecule has 0 amide bonds. The Labute approximate surface area is 110 Å². The topological polar surface area (TPSA) is 68.9 Å². The van der Waals surface area contributed by atoms with Crippen LogP contribution in [0.3, 0.4) is 0 Å². The predicted molar refractivity (Wildman–Crippen MR) is 68.6 cm³/mol. The van der Waals surface area contributed by atoms with Crippen LogP contribution in [0.4, 0.5) is 0 Å². The molecule has 1 aromatic carbocycles. The Morgan fingerprint density at radius 1 is 1.26 bits per heavy atom. The highest BCUT2D eigenvalue weighted by Gasteiger charge is 2.17. The maximum absolute atomic E-state index is 10.7. The zero-order valence-corrected chi connectivity index (χ0v) is 10.7. The number of benzene rings is 1. The van der Waals surface area contributed by atoms with Gasteiger partial charge in [0.25, 0.3) is 0 Å². The van der Waals surface area contributed by atoms with Gasteiger partial charge in [-0.2, -0.15) is 0 Å². The number of carbonyl (C=O) groups is 1. The first kappa shape index (κ1) is 13.2. The van der Waals surface area contributed by atoms with E-state index in [0.717, 1.165) is 0 Å². The van der Waals surface area contributed by atoms with Gasteiger partial charge in [-0.05, 0) is 23.8 Å². The second-order valence-corrected chi connectivity index (χ2v) is 3.84. The van der Waals surface area contributed by atoms with E-state index in [2.05, 4.69) is 0 Å². The molecule has 0 aliphatic carbocycles. The van der Waals surface area contributed by atoms with Crippen LogP contribution in [0.15, 0.2) is 28.7 Å². The fraction of sp³-hybridized carbons (Fsp3) is 0.214. The Morgan fingerprint density at radius 3 is 2.58 bits per heavy atom. The lowest BCUT2D eigenvalue weighted by Gasteiger charge is -2.13. The van der Waals surface area contributed by atoms with E-state index < -0.39 is 0 Å². The van der Waals surface area contributed by atoms with Crippen molar-refractivity contribution in [2.45, 2.75) is 6.61 Å². The molecule has 2 rings (SSSR count). The third-order valence-corrected chi connectivity index (χ3v) is 2.77. The van der Waals surface area contributed by atoms with E-state index in [1.807, 2.05) is 0 Å². The standard InChI is InChI=1S/C14H14O5/c1-17-11-5-9(7-15)14(13(6-11)18-2)12-4-3-10(8-16)19-12/h3-6,8,15H,7H2,1-2H3. The highest BCUT2D eigenvalue weighted by Crippen LogP contribution is 2.37. The molecule has 0 fully saturated rings. The molecule has 0 spiro atoms. The lowest BCUT2D eigenvalue weighted by Crippen LogP contribution is -1.96. The molecule has 2 aromatic rings. The molecule has 0 unspecified atom stereocenters. The lowest BCUT2D eigenvalue weighted by atomic mass is 10.0. The molecule has 100 valence electrons. The molecule has 0 radical (unpaired) electrons. The molecular formula is C14H14O5. The predicted octanol–water partition coefficient (Wildman–Crippen LogP) is 2.27. The van der Waals surface area contributed by atoms with Gasteiger partial charge in [0, 0.05) is 6.07 Å². The minimum Gasteiger partial charge on any atom is -0.497 e. The van der Waals surface area contributed by atoms with Crippen molar-refractivity contribution in [2.24, 2.45) is 0 Å². The third-order valence-electron chi connectivity index (χ3n) is 2.77. The zero-order valence-electron chi connectivity index (χ0n) is 10.7. The van der Waals surface area contributed by atoms with E-state index in [-0.39, 0.29) is 12.4 Å². The van der Waals surface area contributed by atoms with E-state index in [4.69, 9.17) is 13.9 Å². The first-order valence-corrected chi connectivity index (χ1v) is 5.64. The Hall–Kier alpha value is -2.27. The van der Waals surface area contributed by atoms with E-state index in [1.165, 1.54) is 14.2 Å². The molecule has 5 nitrogen and oxygen atoms in total. The van der Waals surface area contributed by atoms with Crippen LogP contribution in [-0.2, 0) is 6.61 Å². The van der Waals surface area contributed by atoms with Crippen molar-refractivity contribution in [3.8, 4) is 22.8 Å². The van der Waals surface area contributed by atoms with Gasteiger partial charge < -0.3 is 19.0 Å². The Bertz CT molecular complexity index is 560. The molecule has 19 heavy (non-hydrogen) atoms. The summed E-state index contributed by atoms with van der Waals surface area (Å²) >= 11 is 0. The van der Waals surface area contributed by atoms with E-state index in [1.54, 1.807) is 24.3 Å². The van der Waals surface area contributed by atoms with Crippen molar-refractivity contribution in [1.82, 2.24) is 0 Å². The van der Waals surface area contributed by atoms with Crippen LogP contribution in [0.1, 0.15) is 16.1 Å². The summed E-state index contributed by atoms with van der Waals surface area (Å²) in [5, 5.41) is 9.46. The summed E-state index contributed by atoms with van der Waals surface area (Å²) in [5.41, 5.74) is 1.21. The van der Waals surface area contributed by atoms with Crippen LogP contribution in [0.5, 0.6) is 11.5 Å². The molecule has 1 aromatic heterocycles. The molecule has 0 saturated heterocycles. The first-order valence-electron chi connectivity index (χ1n) is 5.64. The number of ether oxygens (including phenoxy) is 2. The molecular weight excluding hydrogens is 248 g/mol. The van der Waals surface area contributed by atoms with Crippen LogP contribution in [0, 0.1) is 0 Å². The average molecular weight is 262 g/mol. The number of aliphatic hydroxyl groups excluding tert-OH is 1. The van der Waals surface area contributed by atoms with Crippen molar-refractivity contribution in [3.05, 3.63) is 35.6 Å². The summed E-state index contributed by atoms with van der Waals surface area (Å²) in [6.07, 6.45) is 0.623. The van der Waals surface area contributed by atoms with E-state index in [9.17, 15) is 9.90 Å². The number of aliphatic hydroxyl groups is 1. The van der Waals surface area contributed by atoms with Crippen molar-refractivity contribution >= 4 is 6.29 Å². The Morgan fingerprint density at radius 2 is 2.05 bits per heavy atom. The average Bonchev–Trinajstić information content (AvgIpc) is 2.94. The number of methoxy groups -OCH3 is 2. The van der Waals surface area contributed by atoms with Gasteiger partial charge in [0.05, 0.1) is 26.4 Å². The summed E-state index contributed by atoms with van der Waals surface area (Å²) in [7, 11) is 3.05. The highest BCUT2D eigenvalue weighted by molar-refractivity contribution is 5.76. The summed E-state index contributed by atoms with van der Waals surface area (Å²) in [4.78, 5) is 10.7. The smallest absolute Gasteiger partial charge is 0.185 e. The second kappa shape index (κ2) is 5.58. The van der Waals surface area contributed by atoms with Crippen LogP contribution in [0.25, 0.3) is 11.3 Å². The molecule has 0 atom stereocenters. The van der Waals surface area contributed by atoms with Crippen LogP contribution >= 0.6 is 0 Å². The number of hydrogen-bond acceptors (Lipinski definition) is 5. The lowest BCUT2D eigenvalue weighted by molar-refractivity contribution is 0.110. The minimum absolute atomic E-state index is 0.194. The fourth-order valence-electron chi connectivity index (χ4n) is 1.88. The molecule has 0 saturated carbocycles. The third kappa shape index (κ3) is 2.46. The van der Waals surface area contributed by atoms with Crippen molar-refractivity contribution in [1.29, 1.82) is 0 Å². The molecule has 5 heteroatoms. The summed E-state index contributed by atoms with van der Waals surface area (Å²) in [6, 6.07) is 6.61. The Balaban J connectivity index is 2.62. The van der Waals surface area contributed by atoms with Gasteiger partial charge in [0.1, 0.15) is 17.3 Å². The molecule has 0 aliphatic rings. The largest absolute Gasteiger partial charge is 0.497 e. The van der Waals surface area contributed by atoms with Crippen LogP contribution < -0.4 is 9.47 Å². The first-order chi connectivity index (χ1) is 9.23. The minimum atomic E-state index is -0.194. The summed E-state index contributed by atoms with van der Waals surface area (Å²) < 4.78 is 15.8. The number of carbonyl (C=O) groups excluding carboxylic acids is 1. The number of aldehydes is 1. The van der Waals surface area contributed by atoms with Gasteiger partial charge in [-0.25, -0.2) is 0 Å². The molecule has 1 heterocycles. The van der Waals surface area contributed by atoms with Gasteiger partial charge in [0.15, 0.2) is 12.0 Å². The summed E-state index contributed by atoms with van der Waals surface area (Å²) in [6.45, 7) is -0.194. The van der Waals surface area contributed by atoms with E-state index in [0.29, 0.717) is 34.7 Å². The molecule has 0 bridgehead atoms. The van der Waals surface area contributed by atoms with Crippen molar-refractivity contribution in [2.75, 3.05) is 14.2 Å². The monoisotopic (exact) mass is 262 g/mol. The normalized spacial score (nSPS) is 10.3. The maximum Gasteiger partial charge on any atom is 0.185 e. The molecule has 0 aliphatic heterocycles. The number of rotatable bonds is 5. The fourth-order valence-corrected chi connectivity index (χ4v) is 1.88. The van der Waals surface area contributed by atoms with Crippen LogP contribution in [-0.4, -0.2) is 25.6 Å². The zero-order chi connectivity index (χ0) is 13.8. The Kier molecular flexibility index (Phi) is 3.87. The second-order valence-electron chi connectivity index (χ2n) is 3.84. The van der Waals surface area contributed by atoms with Crippen LogP contribution in [0.2, 0.25) is 0 Å². The number of furan rings is 1. The van der Waals surface area contributed by atoms with Gasteiger partial charge in [0.2, 0.25) is 0 Å². The SMILES string of the molecule is COc1cc(CO)c(-c2ccc(C=O)o2)c(OC)c1. The van der Waals surface area contributed by atoms with Gasteiger partial charge in [-0.3, -0.25) is 4.79 Å². The maximum atomic E-state index is 10.7. The van der Waals surface area contributed by atoms with Crippen molar-refractivity contribution in [3.63, 3.8) is 0 Å². The summed E-state index contributed by atoms with van der Waals surface area (Å²) in [5.74, 6) is 1.77. The van der Waals surface area contributed by atoms with E-state index >= 15 is 0 Å². The molecule has 1 N–H and O–H groups in total. The highest BCUT2D eigenvalue weighted by atomic mass is 16.5. The van der Waals surface area contributed by atoms with Crippen molar-refractivity contribution < 1.29 is 23.8 Å². The number of hydrogen-bond donors (Lipinski definition) is 1. The van der Waals surface area contributed by atoms with Gasteiger partial charge >= 0.3 is 0 Å². The van der Waals surface area contributed by atoms with Gasteiger partial charge in [-0.15, -0.1) is 0 Å². The quantitative estimate of drug-likeness (QED) is 0.837.